The summed E-state index contributed by atoms with van der Waals surface area (Å²) in [5.74, 6) is 0.787. The van der Waals surface area contributed by atoms with Crippen LogP contribution in [0.1, 0.15) is 31.2 Å². The van der Waals surface area contributed by atoms with E-state index in [9.17, 15) is 5.11 Å². The molecule has 0 bridgehead atoms. The van der Waals surface area contributed by atoms with E-state index >= 15 is 0 Å². The Morgan fingerprint density at radius 3 is 2.32 bits per heavy atom. The van der Waals surface area contributed by atoms with Gasteiger partial charge in [0.2, 0.25) is 0 Å². The fourth-order valence-electron chi connectivity index (χ4n) is 1.72. The topological polar surface area (TPSA) is 42.4 Å². The summed E-state index contributed by atoms with van der Waals surface area (Å²) in [6, 6.07) is 10.8. The number of halogens is 1. The van der Waals surface area contributed by atoms with Crippen molar-refractivity contribution in [1.82, 2.24) is 4.98 Å². The van der Waals surface area contributed by atoms with E-state index in [0.717, 1.165) is 11.3 Å². The van der Waals surface area contributed by atoms with Gasteiger partial charge in [-0.3, -0.25) is 4.98 Å². The monoisotopic (exact) mass is 277 g/mol. The summed E-state index contributed by atoms with van der Waals surface area (Å²) >= 11 is 5.77. The third-order valence-electron chi connectivity index (χ3n) is 2.60. The molecule has 1 atom stereocenters. The number of hydrogen-bond acceptors (Lipinski definition) is 3. The van der Waals surface area contributed by atoms with E-state index in [0.29, 0.717) is 10.7 Å². The fourth-order valence-corrected chi connectivity index (χ4v) is 1.83. The molecular weight excluding hydrogens is 262 g/mol. The van der Waals surface area contributed by atoms with Gasteiger partial charge in [-0.15, -0.1) is 0 Å². The molecule has 0 saturated carbocycles. The number of aliphatic hydroxyl groups excluding tert-OH is 1. The molecule has 0 radical (unpaired) electrons. The second kappa shape index (κ2) is 6.04. The highest BCUT2D eigenvalue weighted by Crippen LogP contribution is 2.23. The number of pyridine rings is 1. The van der Waals surface area contributed by atoms with Gasteiger partial charge >= 0.3 is 0 Å². The molecule has 0 aliphatic carbocycles. The molecule has 1 aromatic heterocycles. The minimum absolute atomic E-state index is 0.133. The van der Waals surface area contributed by atoms with Crippen LogP contribution in [0.3, 0.4) is 0 Å². The smallest absolute Gasteiger partial charge is 0.121 e. The quantitative estimate of drug-likeness (QED) is 0.928. The lowest BCUT2D eigenvalue weighted by Gasteiger charge is -2.13. The lowest BCUT2D eigenvalue weighted by molar-refractivity contribution is 0.214. The van der Waals surface area contributed by atoms with Gasteiger partial charge in [-0.05, 0) is 43.7 Å². The highest BCUT2D eigenvalue weighted by Gasteiger charge is 2.11. The molecule has 1 N–H and O–H groups in total. The predicted octanol–water partition coefficient (Wildman–Crippen LogP) is 3.60. The Hall–Kier alpha value is -1.58. The average molecular weight is 278 g/mol. The molecule has 1 aromatic carbocycles. The molecule has 0 aliphatic heterocycles. The minimum atomic E-state index is -0.759. The van der Waals surface area contributed by atoms with Crippen molar-refractivity contribution in [2.24, 2.45) is 0 Å². The first-order valence-corrected chi connectivity index (χ1v) is 6.50. The molecule has 2 aromatic rings. The van der Waals surface area contributed by atoms with Crippen LogP contribution in [-0.2, 0) is 0 Å². The van der Waals surface area contributed by atoms with Crippen LogP contribution >= 0.6 is 11.6 Å². The van der Waals surface area contributed by atoms with Crippen LogP contribution in [0.4, 0.5) is 0 Å². The normalized spacial score (nSPS) is 12.5. The van der Waals surface area contributed by atoms with Crippen LogP contribution in [0.15, 0.2) is 42.6 Å². The van der Waals surface area contributed by atoms with Gasteiger partial charge in [0, 0.05) is 6.20 Å². The molecular formula is C15H16ClNO2. The van der Waals surface area contributed by atoms with Crippen LogP contribution in [0.5, 0.6) is 5.75 Å². The molecule has 19 heavy (non-hydrogen) atoms. The van der Waals surface area contributed by atoms with Crippen LogP contribution < -0.4 is 4.74 Å². The maximum Gasteiger partial charge on any atom is 0.121 e. The van der Waals surface area contributed by atoms with Crippen molar-refractivity contribution in [2.75, 3.05) is 0 Å². The fraction of sp³-hybridized carbons (Fsp3) is 0.267. The van der Waals surface area contributed by atoms with Crippen LogP contribution in [-0.4, -0.2) is 16.2 Å². The second-order valence-corrected chi connectivity index (χ2v) is 4.98. The molecule has 3 nitrogen and oxygen atoms in total. The average Bonchev–Trinajstić information content (AvgIpc) is 2.39. The molecule has 0 spiro atoms. The van der Waals surface area contributed by atoms with E-state index in [2.05, 4.69) is 4.98 Å². The summed E-state index contributed by atoms with van der Waals surface area (Å²) < 4.78 is 5.56. The first-order chi connectivity index (χ1) is 9.06. The minimum Gasteiger partial charge on any atom is -0.491 e. The van der Waals surface area contributed by atoms with Crippen molar-refractivity contribution in [3.05, 3.63) is 58.9 Å². The molecule has 1 heterocycles. The van der Waals surface area contributed by atoms with E-state index in [1.165, 1.54) is 6.20 Å². The van der Waals surface area contributed by atoms with Gasteiger partial charge in [0.1, 0.15) is 11.9 Å². The number of aliphatic hydroxyl groups is 1. The molecule has 100 valence electrons. The Balaban J connectivity index is 2.15. The zero-order valence-electron chi connectivity index (χ0n) is 10.9. The van der Waals surface area contributed by atoms with Gasteiger partial charge in [-0.1, -0.05) is 23.7 Å². The lowest BCUT2D eigenvalue weighted by atomic mass is 10.1. The summed E-state index contributed by atoms with van der Waals surface area (Å²) in [5, 5.41) is 10.8. The molecule has 1 unspecified atom stereocenters. The Morgan fingerprint density at radius 1 is 1.11 bits per heavy atom. The third-order valence-corrected chi connectivity index (χ3v) is 2.82. The Morgan fingerprint density at radius 2 is 1.79 bits per heavy atom. The van der Waals surface area contributed by atoms with E-state index < -0.39 is 6.10 Å². The highest BCUT2D eigenvalue weighted by molar-refractivity contribution is 6.30. The maximum absolute atomic E-state index is 10.2. The summed E-state index contributed by atoms with van der Waals surface area (Å²) in [6.45, 7) is 3.95. The molecule has 4 heteroatoms. The zero-order chi connectivity index (χ0) is 13.8. The van der Waals surface area contributed by atoms with Crippen LogP contribution in [0.25, 0.3) is 0 Å². The summed E-state index contributed by atoms with van der Waals surface area (Å²) in [4.78, 5) is 4.11. The van der Waals surface area contributed by atoms with Crippen molar-refractivity contribution >= 4 is 11.6 Å². The standard InChI is InChI=1S/C15H16ClNO2/c1-10(2)19-13-6-3-11(4-7-13)15(18)14-8-5-12(16)9-17-14/h3-10,15,18H,1-2H3. The largest absolute Gasteiger partial charge is 0.491 e. The Bertz CT molecular complexity index is 523. The summed E-state index contributed by atoms with van der Waals surface area (Å²) in [5.41, 5.74) is 1.34. The molecule has 2 rings (SSSR count). The van der Waals surface area contributed by atoms with Gasteiger partial charge in [0.05, 0.1) is 16.8 Å². The highest BCUT2D eigenvalue weighted by atomic mass is 35.5. The number of benzene rings is 1. The first-order valence-electron chi connectivity index (χ1n) is 6.12. The number of hydrogen-bond donors (Lipinski definition) is 1. The van der Waals surface area contributed by atoms with Gasteiger partial charge in [-0.25, -0.2) is 0 Å². The van der Waals surface area contributed by atoms with E-state index in [4.69, 9.17) is 16.3 Å². The van der Waals surface area contributed by atoms with E-state index in [1.54, 1.807) is 12.1 Å². The SMILES string of the molecule is CC(C)Oc1ccc(C(O)c2ccc(Cl)cn2)cc1. The van der Waals surface area contributed by atoms with Gasteiger partial charge < -0.3 is 9.84 Å². The first kappa shape index (κ1) is 13.8. The number of rotatable bonds is 4. The second-order valence-electron chi connectivity index (χ2n) is 4.54. The van der Waals surface area contributed by atoms with Gasteiger partial charge in [-0.2, -0.15) is 0 Å². The maximum atomic E-state index is 10.2. The van der Waals surface area contributed by atoms with Gasteiger partial charge in [0.25, 0.3) is 0 Å². The van der Waals surface area contributed by atoms with Crippen molar-refractivity contribution in [3.63, 3.8) is 0 Å². The summed E-state index contributed by atoms with van der Waals surface area (Å²) in [7, 11) is 0. The number of aromatic nitrogens is 1. The van der Waals surface area contributed by atoms with Gasteiger partial charge in [0.15, 0.2) is 0 Å². The summed E-state index contributed by atoms with van der Waals surface area (Å²) in [6.07, 6.45) is 0.898. The number of nitrogens with zero attached hydrogens (tertiary/aromatic N) is 1. The zero-order valence-corrected chi connectivity index (χ0v) is 11.6. The third kappa shape index (κ3) is 3.69. The van der Waals surface area contributed by atoms with E-state index in [1.807, 2.05) is 38.1 Å². The van der Waals surface area contributed by atoms with E-state index in [-0.39, 0.29) is 6.10 Å². The van der Waals surface area contributed by atoms with Crippen molar-refractivity contribution in [3.8, 4) is 5.75 Å². The molecule has 0 saturated heterocycles. The molecule has 0 aliphatic rings. The van der Waals surface area contributed by atoms with Crippen molar-refractivity contribution in [1.29, 1.82) is 0 Å². The Kier molecular flexibility index (Phi) is 4.40. The number of ether oxygens (including phenoxy) is 1. The predicted molar refractivity (Wildman–Crippen MR) is 75.5 cm³/mol. The molecule has 0 fully saturated rings. The lowest BCUT2D eigenvalue weighted by Crippen LogP contribution is -2.06. The van der Waals surface area contributed by atoms with Crippen LogP contribution in [0, 0.1) is 0 Å². The van der Waals surface area contributed by atoms with Crippen molar-refractivity contribution < 1.29 is 9.84 Å². The van der Waals surface area contributed by atoms with Crippen LogP contribution in [0.2, 0.25) is 5.02 Å². The van der Waals surface area contributed by atoms with Crippen molar-refractivity contribution in [2.45, 2.75) is 26.1 Å². The Labute approximate surface area is 117 Å². The molecule has 0 amide bonds.